The van der Waals surface area contributed by atoms with Crippen LogP contribution in [0.3, 0.4) is 0 Å². The van der Waals surface area contributed by atoms with Crippen LogP contribution in [0.25, 0.3) is 0 Å². The second-order valence-electron chi connectivity index (χ2n) is 6.48. The van der Waals surface area contributed by atoms with Gasteiger partial charge in [0.25, 0.3) is 0 Å². The summed E-state index contributed by atoms with van der Waals surface area (Å²) in [5, 5.41) is 9.06. The Balaban J connectivity index is 3.48. The average molecular weight is 312 g/mol. The highest BCUT2D eigenvalue weighted by molar-refractivity contribution is 5.78. The molecule has 0 aliphatic heterocycles. The fourth-order valence-corrected chi connectivity index (χ4v) is 2.87. The van der Waals surface area contributed by atoms with Gasteiger partial charge in [-0.1, -0.05) is 65.2 Å². The summed E-state index contributed by atoms with van der Waals surface area (Å²) in [6.45, 7) is 4.23. The summed E-state index contributed by atoms with van der Waals surface area (Å²) < 4.78 is 0. The van der Waals surface area contributed by atoms with Crippen LogP contribution in [0.5, 0.6) is 0 Å². The summed E-state index contributed by atoms with van der Waals surface area (Å²) in [6.07, 6.45) is 14.2. The number of carboxylic acid groups (broad SMARTS) is 1. The summed E-state index contributed by atoms with van der Waals surface area (Å²) in [7, 11) is 0. The zero-order valence-corrected chi connectivity index (χ0v) is 14.7. The molecule has 0 bridgehead atoms. The van der Waals surface area contributed by atoms with E-state index < -0.39 is 5.97 Å². The summed E-state index contributed by atoms with van der Waals surface area (Å²) in [4.78, 5) is 22.8. The smallest absolute Gasteiger partial charge is 0.306 e. The summed E-state index contributed by atoms with van der Waals surface area (Å²) in [6, 6.07) is 0. The van der Waals surface area contributed by atoms with Crippen molar-refractivity contribution in [2.75, 3.05) is 0 Å². The van der Waals surface area contributed by atoms with Crippen LogP contribution >= 0.6 is 0 Å². The van der Waals surface area contributed by atoms with Crippen LogP contribution in [0.1, 0.15) is 104 Å². The van der Waals surface area contributed by atoms with E-state index in [-0.39, 0.29) is 5.92 Å². The van der Waals surface area contributed by atoms with Crippen LogP contribution in [0.2, 0.25) is 0 Å². The number of carboxylic acids is 1. The van der Waals surface area contributed by atoms with Gasteiger partial charge in [-0.3, -0.25) is 9.59 Å². The van der Waals surface area contributed by atoms with Gasteiger partial charge in [0.2, 0.25) is 0 Å². The number of carbonyl (C=O) groups is 2. The SMILES string of the molecule is CCCCCCCCCCC(=O)CCCC(CCC)C(=O)O. The zero-order valence-electron chi connectivity index (χ0n) is 14.7. The lowest BCUT2D eigenvalue weighted by atomic mass is 9.95. The Morgan fingerprint density at radius 3 is 1.82 bits per heavy atom. The lowest BCUT2D eigenvalue weighted by molar-refractivity contribution is -0.142. The number of hydrogen-bond donors (Lipinski definition) is 1. The molecule has 3 nitrogen and oxygen atoms in total. The molecule has 130 valence electrons. The molecule has 0 rings (SSSR count). The van der Waals surface area contributed by atoms with Gasteiger partial charge in [-0.15, -0.1) is 0 Å². The van der Waals surface area contributed by atoms with Gasteiger partial charge in [0.1, 0.15) is 5.78 Å². The molecule has 0 aromatic rings. The monoisotopic (exact) mass is 312 g/mol. The third-order valence-electron chi connectivity index (χ3n) is 4.30. The molecule has 0 aliphatic rings. The van der Waals surface area contributed by atoms with Gasteiger partial charge in [0.15, 0.2) is 0 Å². The van der Waals surface area contributed by atoms with Crippen molar-refractivity contribution in [2.24, 2.45) is 5.92 Å². The van der Waals surface area contributed by atoms with Gasteiger partial charge in [-0.2, -0.15) is 0 Å². The molecule has 0 aliphatic carbocycles. The molecule has 1 N–H and O–H groups in total. The van der Waals surface area contributed by atoms with Crippen molar-refractivity contribution in [1.82, 2.24) is 0 Å². The van der Waals surface area contributed by atoms with E-state index in [1.807, 2.05) is 6.92 Å². The number of hydrogen-bond acceptors (Lipinski definition) is 2. The van der Waals surface area contributed by atoms with E-state index >= 15 is 0 Å². The van der Waals surface area contributed by atoms with Crippen molar-refractivity contribution in [2.45, 2.75) is 104 Å². The Hall–Kier alpha value is -0.860. The molecular formula is C19H36O3. The highest BCUT2D eigenvalue weighted by atomic mass is 16.4. The van der Waals surface area contributed by atoms with Crippen molar-refractivity contribution in [3.8, 4) is 0 Å². The molecule has 0 aromatic heterocycles. The van der Waals surface area contributed by atoms with Gasteiger partial charge >= 0.3 is 5.97 Å². The molecule has 0 radical (unpaired) electrons. The Bertz CT molecular complexity index is 286. The van der Waals surface area contributed by atoms with E-state index in [4.69, 9.17) is 5.11 Å². The maximum atomic E-state index is 11.8. The normalized spacial score (nSPS) is 12.3. The fraction of sp³-hybridized carbons (Fsp3) is 0.895. The van der Waals surface area contributed by atoms with Gasteiger partial charge in [-0.25, -0.2) is 0 Å². The molecule has 0 spiro atoms. The van der Waals surface area contributed by atoms with E-state index in [1.54, 1.807) is 0 Å². The largest absolute Gasteiger partial charge is 0.481 e. The van der Waals surface area contributed by atoms with Crippen LogP contribution in [0, 0.1) is 5.92 Å². The van der Waals surface area contributed by atoms with Crippen LogP contribution < -0.4 is 0 Å². The van der Waals surface area contributed by atoms with Crippen molar-refractivity contribution in [1.29, 1.82) is 0 Å². The third-order valence-corrected chi connectivity index (χ3v) is 4.30. The standard InChI is InChI=1S/C19H36O3/c1-3-5-6-7-8-9-10-11-15-18(20)16-12-14-17(13-4-2)19(21)22/h17H,3-16H2,1-2H3,(H,21,22). The molecule has 0 amide bonds. The van der Waals surface area contributed by atoms with Crippen molar-refractivity contribution >= 4 is 11.8 Å². The van der Waals surface area contributed by atoms with Gasteiger partial charge in [0, 0.05) is 12.8 Å². The molecule has 1 atom stereocenters. The summed E-state index contributed by atoms with van der Waals surface area (Å²) in [5.74, 6) is -0.662. The number of unbranched alkanes of at least 4 members (excludes halogenated alkanes) is 7. The maximum absolute atomic E-state index is 11.8. The predicted octanol–water partition coefficient (Wildman–Crippen LogP) is 5.76. The summed E-state index contributed by atoms with van der Waals surface area (Å²) >= 11 is 0. The number of Topliss-reactive ketones (excluding diaryl/α,β-unsaturated/α-hetero) is 1. The Morgan fingerprint density at radius 1 is 0.727 bits per heavy atom. The van der Waals surface area contributed by atoms with Crippen LogP contribution in [-0.4, -0.2) is 16.9 Å². The lowest BCUT2D eigenvalue weighted by Gasteiger charge is -2.10. The number of carbonyl (C=O) groups excluding carboxylic acids is 1. The molecular weight excluding hydrogens is 276 g/mol. The molecule has 22 heavy (non-hydrogen) atoms. The zero-order chi connectivity index (χ0) is 16.6. The minimum Gasteiger partial charge on any atom is -0.481 e. The third kappa shape index (κ3) is 12.8. The van der Waals surface area contributed by atoms with Crippen molar-refractivity contribution in [3.63, 3.8) is 0 Å². The molecule has 3 heteroatoms. The first-order valence-corrected chi connectivity index (χ1v) is 9.36. The topological polar surface area (TPSA) is 54.4 Å². The molecule has 0 aromatic carbocycles. The van der Waals surface area contributed by atoms with Crippen LogP contribution in [-0.2, 0) is 9.59 Å². The highest BCUT2D eigenvalue weighted by Gasteiger charge is 2.16. The minimum absolute atomic E-state index is 0.263. The Labute approximate surface area is 136 Å². The van der Waals surface area contributed by atoms with E-state index in [9.17, 15) is 9.59 Å². The highest BCUT2D eigenvalue weighted by Crippen LogP contribution is 2.16. The first-order valence-electron chi connectivity index (χ1n) is 9.36. The van der Waals surface area contributed by atoms with E-state index in [0.29, 0.717) is 25.0 Å². The summed E-state index contributed by atoms with van der Waals surface area (Å²) in [5.41, 5.74) is 0. The van der Waals surface area contributed by atoms with E-state index in [1.165, 1.54) is 38.5 Å². The molecule has 0 fully saturated rings. The van der Waals surface area contributed by atoms with E-state index in [2.05, 4.69) is 6.92 Å². The Kier molecular flexibility index (Phi) is 14.5. The minimum atomic E-state index is -0.711. The van der Waals surface area contributed by atoms with Crippen LogP contribution in [0.15, 0.2) is 0 Å². The number of rotatable bonds is 16. The number of aliphatic carboxylic acids is 1. The Morgan fingerprint density at radius 2 is 1.27 bits per heavy atom. The first kappa shape index (κ1) is 21.1. The molecule has 0 heterocycles. The van der Waals surface area contributed by atoms with Gasteiger partial charge in [0.05, 0.1) is 5.92 Å². The quantitative estimate of drug-likeness (QED) is 0.369. The average Bonchev–Trinajstić information content (AvgIpc) is 2.49. The maximum Gasteiger partial charge on any atom is 0.306 e. The second kappa shape index (κ2) is 15.1. The molecule has 0 saturated carbocycles. The second-order valence-corrected chi connectivity index (χ2v) is 6.48. The molecule has 1 unspecified atom stereocenters. The predicted molar refractivity (Wildman–Crippen MR) is 92.1 cm³/mol. The van der Waals surface area contributed by atoms with Crippen molar-refractivity contribution < 1.29 is 14.7 Å². The van der Waals surface area contributed by atoms with Gasteiger partial charge in [-0.05, 0) is 25.7 Å². The van der Waals surface area contributed by atoms with Gasteiger partial charge < -0.3 is 5.11 Å². The van der Waals surface area contributed by atoms with Crippen LogP contribution in [0.4, 0.5) is 0 Å². The van der Waals surface area contributed by atoms with Crippen molar-refractivity contribution in [3.05, 3.63) is 0 Å². The lowest BCUT2D eigenvalue weighted by Crippen LogP contribution is -2.13. The van der Waals surface area contributed by atoms with E-state index in [0.717, 1.165) is 32.1 Å². The number of ketones is 1. The fourth-order valence-electron chi connectivity index (χ4n) is 2.87. The first-order chi connectivity index (χ1) is 10.6. The molecule has 0 saturated heterocycles.